The fourth-order valence-electron chi connectivity index (χ4n) is 2.63. The molecule has 0 saturated heterocycles. The van der Waals surface area contributed by atoms with E-state index in [2.05, 4.69) is 30.4 Å². The number of aryl methyl sites for hydroxylation is 1. The van der Waals surface area contributed by atoms with Crippen LogP contribution in [0.1, 0.15) is 36.3 Å². The summed E-state index contributed by atoms with van der Waals surface area (Å²) in [5, 5.41) is 3.86. The van der Waals surface area contributed by atoms with Crippen LogP contribution < -0.4 is 10.1 Å². The summed E-state index contributed by atoms with van der Waals surface area (Å²) in [5.41, 5.74) is 2.46. The van der Waals surface area contributed by atoms with E-state index in [0.29, 0.717) is 5.22 Å². The predicted octanol–water partition coefficient (Wildman–Crippen LogP) is 3.96. The van der Waals surface area contributed by atoms with Gasteiger partial charge in [-0.3, -0.25) is 0 Å². The van der Waals surface area contributed by atoms with Crippen LogP contribution in [0.25, 0.3) is 0 Å². The van der Waals surface area contributed by atoms with Crippen LogP contribution in [-0.2, 0) is 6.42 Å². The molecule has 0 aliphatic carbocycles. The molecule has 20 heavy (non-hydrogen) atoms. The predicted molar refractivity (Wildman–Crippen MR) is 79.5 cm³/mol. The van der Waals surface area contributed by atoms with Crippen LogP contribution >= 0.6 is 11.6 Å². The largest absolute Gasteiger partial charge is 0.493 e. The van der Waals surface area contributed by atoms with Gasteiger partial charge in [-0.25, -0.2) is 0 Å². The molecule has 1 aromatic heterocycles. The van der Waals surface area contributed by atoms with Gasteiger partial charge in [0, 0.05) is 0 Å². The lowest BCUT2D eigenvalue weighted by atomic mass is 9.98. The monoisotopic (exact) mass is 291 g/mol. The average molecular weight is 292 g/mol. The van der Waals surface area contributed by atoms with Crippen LogP contribution in [0.5, 0.6) is 5.75 Å². The molecular formula is C16H18ClNO2. The van der Waals surface area contributed by atoms with Crippen molar-refractivity contribution in [3.63, 3.8) is 0 Å². The van der Waals surface area contributed by atoms with E-state index in [1.54, 1.807) is 6.07 Å². The Balaban J connectivity index is 1.95. The molecule has 1 atom stereocenters. The number of fused-ring (bicyclic) bond motifs is 1. The second-order valence-electron chi connectivity index (χ2n) is 4.95. The smallest absolute Gasteiger partial charge is 0.193 e. The van der Waals surface area contributed by atoms with E-state index in [1.807, 2.05) is 6.07 Å². The molecule has 1 N–H and O–H groups in total. The number of benzene rings is 1. The van der Waals surface area contributed by atoms with Gasteiger partial charge in [0.15, 0.2) is 5.22 Å². The quantitative estimate of drug-likeness (QED) is 0.926. The summed E-state index contributed by atoms with van der Waals surface area (Å²) in [7, 11) is 0. The third-order valence-corrected chi connectivity index (χ3v) is 3.76. The highest BCUT2D eigenvalue weighted by Gasteiger charge is 2.19. The Bertz CT molecular complexity index is 594. The van der Waals surface area contributed by atoms with Crippen LogP contribution in [0, 0.1) is 0 Å². The zero-order valence-electron chi connectivity index (χ0n) is 11.5. The highest BCUT2D eigenvalue weighted by Crippen LogP contribution is 2.31. The van der Waals surface area contributed by atoms with E-state index in [1.165, 1.54) is 11.1 Å². The molecule has 3 rings (SSSR count). The third-order valence-electron chi connectivity index (χ3n) is 3.55. The van der Waals surface area contributed by atoms with Crippen LogP contribution in [-0.4, -0.2) is 13.2 Å². The van der Waals surface area contributed by atoms with Crippen molar-refractivity contribution in [2.45, 2.75) is 25.8 Å². The fourth-order valence-corrected chi connectivity index (χ4v) is 2.78. The summed E-state index contributed by atoms with van der Waals surface area (Å²) in [5.74, 6) is 1.85. The summed E-state index contributed by atoms with van der Waals surface area (Å²) < 4.78 is 11.2. The molecular weight excluding hydrogens is 274 g/mol. The number of nitrogens with one attached hydrogen (secondary N) is 1. The van der Waals surface area contributed by atoms with Crippen molar-refractivity contribution >= 4 is 11.6 Å². The van der Waals surface area contributed by atoms with Gasteiger partial charge in [0.05, 0.1) is 12.6 Å². The molecule has 0 saturated carbocycles. The van der Waals surface area contributed by atoms with Gasteiger partial charge in [0.2, 0.25) is 0 Å². The van der Waals surface area contributed by atoms with Crippen molar-refractivity contribution in [3.8, 4) is 5.75 Å². The summed E-state index contributed by atoms with van der Waals surface area (Å²) in [4.78, 5) is 0. The van der Waals surface area contributed by atoms with Crippen molar-refractivity contribution in [3.05, 3.63) is 52.4 Å². The van der Waals surface area contributed by atoms with Crippen LogP contribution in [0.15, 0.2) is 34.7 Å². The minimum absolute atomic E-state index is 0.0275. The third kappa shape index (κ3) is 2.69. The van der Waals surface area contributed by atoms with Gasteiger partial charge >= 0.3 is 0 Å². The minimum atomic E-state index is 0.0275. The first-order chi connectivity index (χ1) is 9.78. The van der Waals surface area contributed by atoms with Crippen LogP contribution in [0.2, 0.25) is 5.22 Å². The highest BCUT2D eigenvalue weighted by atomic mass is 35.5. The summed E-state index contributed by atoms with van der Waals surface area (Å²) >= 11 is 5.89. The van der Waals surface area contributed by atoms with E-state index in [0.717, 1.165) is 37.5 Å². The lowest BCUT2D eigenvalue weighted by Gasteiger charge is -2.21. The van der Waals surface area contributed by atoms with E-state index < -0.39 is 0 Å². The molecule has 0 fully saturated rings. The lowest BCUT2D eigenvalue weighted by Crippen LogP contribution is -2.22. The molecule has 1 aliphatic heterocycles. The minimum Gasteiger partial charge on any atom is -0.493 e. The molecule has 2 heterocycles. The SMILES string of the molecule is CCNC(c1ccc2c(c1)CCCO2)c1ccc(Cl)o1. The first kappa shape index (κ1) is 13.5. The Hall–Kier alpha value is -1.45. The second-order valence-corrected chi connectivity index (χ2v) is 5.32. The number of hydrogen-bond donors (Lipinski definition) is 1. The molecule has 106 valence electrons. The van der Waals surface area contributed by atoms with Crippen LogP contribution in [0.3, 0.4) is 0 Å². The Labute approximate surface area is 123 Å². The van der Waals surface area contributed by atoms with Gasteiger partial charge < -0.3 is 14.5 Å². The maximum absolute atomic E-state index is 5.89. The molecule has 2 aromatic rings. The lowest BCUT2D eigenvalue weighted by molar-refractivity contribution is 0.288. The maximum Gasteiger partial charge on any atom is 0.193 e. The number of ether oxygens (including phenoxy) is 1. The van der Waals surface area contributed by atoms with Gasteiger partial charge in [0.1, 0.15) is 11.5 Å². The standard InChI is InChI=1S/C16H18ClNO2/c1-2-18-16(14-7-8-15(17)20-14)12-5-6-13-11(10-12)4-3-9-19-13/h5-8,10,16,18H,2-4,9H2,1H3. The van der Waals surface area contributed by atoms with E-state index in [9.17, 15) is 0 Å². The highest BCUT2D eigenvalue weighted by molar-refractivity contribution is 6.28. The Morgan fingerprint density at radius 3 is 2.95 bits per heavy atom. The van der Waals surface area contributed by atoms with E-state index in [-0.39, 0.29) is 6.04 Å². The topological polar surface area (TPSA) is 34.4 Å². The molecule has 0 spiro atoms. The summed E-state index contributed by atoms with van der Waals surface area (Å²) in [6.07, 6.45) is 2.15. The van der Waals surface area contributed by atoms with Gasteiger partial charge in [-0.2, -0.15) is 0 Å². The van der Waals surface area contributed by atoms with Crippen molar-refractivity contribution in [1.82, 2.24) is 5.32 Å². The second kappa shape index (κ2) is 5.90. The van der Waals surface area contributed by atoms with E-state index in [4.69, 9.17) is 20.8 Å². The van der Waals surface area contributed by atoms with Crippen molar-refractivity contribution in [2.75, 3.05) is 13.2 Å². The van der Waals surface area contributed by atoms with Gasteiger partial charge in [-0.05, 0) is 60.3 Å². The Kier molecular flexibility index (Phi) is 3.99. The Morgan fingerprint density at radius 2 is 2.20 bits per heavy atom. The zero-order valence-corrected chi connectivity index (χ0v) is 12.2. The van der Waals surface area contributed by atoms with Gasteiger partial charge in [-0.1, -0.05) is 19.1 Å². The normalized spacial score (nSPS) is 15.5. The number of halogens is 1. The van der Waals surface area contributed by atoms with Crippen molar-refractivity contribution in [1.29, 1.82) is 0 Å². The fraction of sp³-hybridized carbons (Fsp3) is 0.375. The first-order valence-corrected chi connectivity index (χ1v) is 7.40. The molecule has 4 heteroatoms. The Morgan fingerprint density at radius 1 is 1.30 bits per heavy atom. The molecule has 1 unspecified atom stereocenters. The molecule has 3 nitrogen and oxygen atoms in total. The van der Waals surface area contributed by atoms with Gasteiger partial charge in [-0.15, -0.1) is 0 Å². The number of rotatable bonds is 4. The first-order valence-electron chi connectivity index (χ1n) is 7.02. The molecule has 0 amide bonds. The molecule has 1 aliphatic rings. The average Bonchev–Trinajstić information content (AvgIpc) is 2.90. The maximum atomic E-state index is 5.89. The van der Waals surface area contributed by atoms with Crippen molar-refractivity contribution < 1.29 is 9.15 Å². The summed E-state index contributed by atoms with van der Waals surface area (Å²) in [6, 6.07) is 10.1. The van der Waals surface area contributed by atoms with Crippen molar-refractivity contribution in [2.24, 2.45) is 0 Å². The number of hydrogen-bond acceptors (Lipinski definition) is 3. The molecule has 1 aromatic carbocycles. The zero-order chi connectivity index (χ0) is 13.9. The van der Waals surface area contributed by atoms with Gasteiger partial charge in [0.25, 0.3) is 0 Å². The molecule has 0 bridgehead atoms. The molecule has 0 radical (unpaired) electrons. The number of furan rings is 1. The van der Waals surface area contributed by atoms with E-state index >= 15 is 0 Å². The summed E-state index contributed by atoms with van der Waals surface area (Å²) in [6.45, 7) is 3.76. The van der Waals surface area contributed by atoms with Crippen LogP contribution in [0.4, 0.5) is 0 Å².